The summed E-state index contributed by atoms with van der Waals surface area (Å²) >= 11 is 0. The molecule has 1 fully saturated rings. The lowest BCUT2D eigenvalue weighted by molar-refractivity contribution is -0.350. The van der Waals surface area contributed by atoms with E-state index in [1.54, 1.807) is 0 Å². The van der Waals surface area contributed by atoms with E-state index < -0.39 is 35.5 Å². The minimum atomic E-state index is -0.963. The minimum Gasteiger partial charge on any atom is -0.394 e. The summed E-state index contributed by atoms with van der Waals surface area (Å²) in [6.07, 6.45) is -1.50. The molecule has 0 amide bonds. The maximum atomic E-state index is 10.8. The number of anilines is 1. The van der Waals surface area contributed by atoms with Gasteiger partial charge in [0.25, 0.3) is 0 Å². The van der Waals surface area contributed by atoms with Gasteiger partial charge in [0.15, 0.2) is 11.9 Å². The molecular weight excluding hydrogens is 284 g/mol. The van der Waals surface area contributed by atoms with Crippen molar-refractivity contribution in [2.45, 2.75) is 31.0 Å². The summed E-state index contributed by atoms with van der Waals surface area (Å²) in [5.41, 5.74) is 6.05. The summed E-state index contributed by atoms with van der Waals surface area (Å²) in [5, 5.41) is 32.5. The van der Waals surface area contributed by atoms with E-state index >= 15 is 0 Å². The van der Waals surface area contributed by atoms with Crippen LogP contribution in [0.1, 0.15) is 24.5 Å². The van der Waals surface area contributed by atoms with Crippen molar-refractivity contribution in [3.63, 3.8) is 0 Å². The molecule has 1 aromatic rings. The second-order valence-corrected chi connectivity index (χ2v) is 4.80. The molecule has 2 aliphatic rings. The molecule has 4 atom stereocenters. The first kappa shape index (κ1) is 13.9. The van der Waals surface area contributed by atoms with Crippen molar-refractivity contribution in [3.8, 4) is 0 Å². The van der Waals surface area contributed by atoms with Gasteiger partial charge in [0.2, 0.25) is 12.0 Å². The molecule has 1 aromatic heterocycles. The van der Waals surface area contributed by atoms with Crippen LogP contribution in [0.25, 0.3) is 0 Å². The first-order valence-electron chi connectivity index (χ1n) is 6.27. The average molecular weight is 298 g/mol. The van der Waals surface area contributed by atoms with Gasteiger partial charge >= 0.3 is 5.96 Å². The van der Waals surface area contributed by atoms with Crippen molar-refractivity contribution >= 4 is 11.8 Å². The molecule has 0 aliphatic carbocycles. The van der Waals surface area contributed by atoms with Gasteiger partial charge in [-0.3, -0.25) is 10.3 Å². The van der Waals surface area contributed by atoms with Crippen LogP contribution in [0.15, 0.2) is 11.3 Å². The number of nitrogens with zero attached hydrogens (tertiary/aromatic N) is 4. The summed E-state index contributed by atoms with van der Waals surface area (Å²) < 4.78 is 6.92. The van der Waals surface area contributed by atoms with Crippen LogP contribution in [0.4, 0.5) is 5.82 Å². The Morgan fingerprint density at radius 2 is 2.43 bits per heavy atom. The molecule has 2 aliphatic heterocycles. The molecule has 0 radical (unpaired) electrons. The first-order valence-corrected chi connectivity index (χ1v) is 6.27. The van der Waals surface area contributed by atoms with Crippen LogP contribution in [0.5, 0.6) is 0 Å². The highest BCUT2D eigenvalue weighted by Crippen LogP contribution is 2.34. The number of nitrogens with two attached hydrogens (primary N) is 1. The molecule has 114 valence electrons. The quantitative estimate of drug-likeness (QED) is 0.380. The Bertz CT molecular complexity index is 601. The zero-order valence-corrected chi connectivity index (χ0v) is 10.8. The van der Waals surface area contributed by atoms with Crippen LogP contribution < -0.4 is 11.1 Å². The fourth-order valence-electron chi connectivity index (χ4n) is 2.44. The molecule has 11 nitrogen and oxygen atoms in total. The number of ether oxygens (including phenoxy) is 1. The van der Waals surface area contributed by atoms with Gasteiger partial charge in [0.05, 0.1) is 12.7 Å². The van der Waals surface area contributed by atoms with Gasteiger partial charge in [-0.05, 0) is 4.92 Å². The number of nitrogens with one attached hydrogen (secondary N) is 1. The third-order valence-corrected chi connectivity index (χ3v) is 3.41. The Balaban J connectivity index is 1.93. The van der Waals surface area contributed by atoms with Gasteiger partial charge in [0, 0.05) is 6.42 Å². The van der Waals surface area contributed by atoms with Crippen molar-refractivity contribution < 1.29 is 19.9 Å². The Morgan fingerprint density at radius 1 is 1.67 bits per heavy atom. The highest BCUT2D eigenvalue weighted by molar-refractivity contribution is 5.89. The molecule has 3 rings (SSSR count). The molecule has 5 N–H and O–H groups in total. The lowest BCUT2D eigenvalue weighted by Gasteiger charge is -2.20. The number of aliphatic hydroxyl groups excluding tert-OH is 2. The molecule has 21 heavy (non-hydrogen) atoms. The monoisotopic (exact) mass is 298 g/mol. The third-order valence-electron chi connectivity index (χ3n) is 3.41. The Kier molecular flexibility index (Phi) is 3.33. The molecule has 3 heterocycles. The van der Waals surface area contributed by atoms with E-state index in [1.165, 1.54) is 10.9 Å². The number of hydrogen-bond donors (Lipinski definition) is 4. The van der Waals surface area contributed by atoms with Crippen molar-refractivity contribution in [2.24, 2.45) is 10.7 Å². The summed E-state index contributed by atoms with van der Waals surface area (Å²) in [6.45, 7) is -0.223. The number of imidazole rings is 1. The summed E-state index contributed by atoms with van der Waals surface area (Å²) in [7, 11) is 0. The normalized spacial score (nSPS) is 31.5. The number of guanidine groups is 1. The number of aliphatic imine (C=N–C) groups is 1. The molecule has 1 saturated heterocycles. The zero-order valence-electron chi connectivity index (χ0n) is 10.8. The molecule has 0 spiro atoms. The van der Waals surface area contributed by atoms with Crippen LogP contribution in [-0.4, -0.2) is 49.5 Å². The van der Waals surface area contributed by atoms with E-state index in [2.05, 4.69) is 15.3 Å². The van der Waals surface area contributed by atoms with Crippen LogP contribution >= 0.6 is 0 Å². The topological polar surface area (TPSA) is 161 Å². The smallest absolute Gasteiger partial charge is 0.394 e. The maximum absolute atomic E-state index is 10.8. The Morgan fingerprint density at radius 3 is 3.05 bits per heavy atom. The van der Waals surface area contributed by atoms with E-state index in [9.17, 15) is 15.2 Å². The standard InChI is InChI=1S/C10H14N6O5/c11-7-6-8(14-10(13-7)16(19)20)15(3-12-6)9-5(18)1-4(2-17)21-9/h3-5,7,9,17-18H,1-2,11H2,(H,13,14). The SMILES string of the molecule is NC1N=C([N+](=O)[O-])Nc2c1ncn2C1OC(CO)CC1O. The summed E-state index contributed by atoms with van der Waals surface area (Å²) in [4.78, 5) is 17.9. The van der Waals surface area contributed by atoms with E-state index in [0.29, 0.717) is 5.69 Å². The van der Waals surface area contributed by atoms with E-state index in [-0.39, 0.29) is 18.8 Å². The van der Waals surface area contributed by atoms with E-state index in [1.807, 2.05) is 0 Å². The molecule has 0 bridgehead atoms. The summed E-state index contributed by atoms with van der Waals surface area (Å²) in [6, 6.07) is 0. The van der Waals surface area contributed by atoms with Crippen LogP contribution in [0, 0.1) is 10.1 Å². The summed E-state index contributed by atoms with van der Waals surface area (Å²) in [5.74, 6) is -0.241. The fraction of sp³-hybridized carbons (Fsp3) is 0.600. The van der Waals surface area contributed by atoms with Crippen molar-refractivity contribution in [1.29, 1.82) is 0 Å². The number of aromatic nitrogens is 2. The largest absolute Gasteiger partial charge is 0.430 e. The predicted octanol–water partition coefficient (Wildman–Crippen LogP) is -1.46. The van der Waals surface area contributed by atoms with Crippen LogP contribution in [0.3, 0.4) is 0 Å². The predicted molar refractivity (Wildman–Crippen MR) is 68.8 cm³/mol. The van der Waals surface area contributed by atoms with Gasteiger partial charge < -0.3 is 25.1 Å². The van der Waals surface area contributed by atoms with Gasteiger partial charge in [-0.1, -0.05) is 4.99 Å². The second kappa shape index (κ2) is 5.04. The number of nitro groups is 1. The number of fused-ring (bicyclic) bond motifs is 1. The molecule has 0 aromatic carbocycles. The molecule has 0 saturated carbocycles. The Labute approximate surface area is 118 Å². The molecular formula is C10H14N6O5. The highest BCUT2D eigenvalue weighted by Gasteiger charge is 2.40. The van der Waals surface area contributed by atoms with E-state index in [0.717, 1.165) is 0 Å². The van der Waals surface area contributed by atoms with Crippen LogP contribution in [0.2, 0.25) is 0 Å². The van der Waals surface area contributed by atoms with Gasteiger partial charge in [-0.25, -0.2) is 10.3 Å². The highest BCUT2D eigenvalue weighted by atomic mass is 16.6. The Hall–Kier alpha value is -2.08. The average Bonchev–Trinajstić information content (AvgIpc) is 3.01. The molecule has 11 heteroatoms. The fourth-order valence-corrected chi connectivity index (χ4v) is 2.44. The van der Waals surface area contributed by atoms with Crippen molar-refractivity contribution in [2.75, 3.05) is 11.9 Å². The van der Waals surface area contributed by atoms with Gasteiger partial charge in [-0.15, -0.1) is 0 Å². The number of hydrogen-bond acceptors (Lipinski definition) is 9. The lowest BCUT2D eigenvalue weighted by Crippen LogP contribution is -2.32. The zero-order chi connectivity index (χ0) is 15.1. The number of rotatable bonds is 2. The van der Waals surface area contributed by atoms with Crippen molar-refractivity contribution in [3.05, 3.63) is 22.1 Å². The first-order chi connectivity index (χ1) is 10.0. The maximum Gasteiger partial charge on any atom is 0.430 e. The van der Waals surface area contributed by atoms with E-state index in [4.69, 9.17) is 15.6 Å². The lowest BCUT2D eigenvalue weighted by atomic mass is 10.2. The molecule has 4 unspecified atom stereocenters. The number of aliphatic hydroxyl groups is 2. The van der Waals surface area contributed by atoms with Gasteiger partial charge in [0.1, 0.15) is 12.4 Å². The van der Waals surface area contributed by atoms with Gasteiger partial charge in [-0.2, -0.15) is 0 Å². The minimum absolute atomic E-state index is 0.223. The third kappa shape index (κ3) is 2.25. The second-order valence-electron chi connectivity index (χ2n) is 4.80. The van der Waals surface area contributed by atoms with Crippen LogP contribution in [-0.2, 0) is 4.74 Å². The van der Waals surface area contributed by atoms with Crippen molar-refractivity contribution in [1.82, 2.24) is 9.55 Å².